The van der Waals surface area contributed by atoms with Crippen LogP contribution in [0.4, 0.5) is 5.69 Å². The molecule has 0 aromatic heterocycles. The minimum absolute atomic E-state index is 0.0949. The van der Waals surface area contributed by atoms with E-state index in [1.807, 2.05) is 0 Å². The van der Waals surface area contributed by atoms with Gasteiger partial charge in [-0.25, -0.2) is 13.1 Å². The number of carbonyl (C=O) groups excluding carboxylic acids is 1. The molecule has 1 aromatic carbocycles. The average molecular weight is 302 g/mol. The fourth-order valence-corrected chi connectivity index (χ4v) is 2.45. The molecule has 0 aliphatic carbocycles. The van der Waals surface area contributed by atoms with Crippen LogP contribution < -0.4 is 15.2 Å². The van der Waals surface area contributed by atoms with E-state index in [4.69, 9.17) is 10.5 Å². The van der Waals surface area contributed by atoms with Crippen LogP contribution >= 0.6 is 0 Å². The topological polar surface area (TPSA) is 108 Å². The van der Waals surface area contributed by atoms with Crippen molar-refractivity contribution in [2.45, 2.75) is 13.0 Å². The minimum Gasteiger partial charge on any atom is -0.495 e. The van der Waals surface area contributed by atoms with Gasteiger partial charge in [0, 0.05) is 6.54 Å². The van der Waals surface area contributed by atoms with Crippen molar-refractivity contribution in [3.8, 4) is 5.75 Å². The molecule has 7 nitrogen and oxygen atoms in total. The summed E-state index contributed by atoms with van der Waals surface area (Å²) >= 11 is 0. The van der Waals surface area contributed by atoms with E-state index in [1.165, 1.54) is 14.2 Å². The van der Waals surface area contributed by atoms with Gasteiger partial charge in [-0.15, -0.1) is 0 Å². The summed E-state index contributed by atoms with van der Waals surface area (Å²) in [5.74, 6) is -0.350. The van der Waals surface area contributed by atoms with Gasteiger partial charge in [0.1, 0.15) is 5.75 Å². The van der Waals surface area contributed by atoms with Gasteiger partial charge in [0.2, 0.25) is 10.0 Å². The van der Waals surface area contributed by atoms with Crippen molar-refractivity contribution >= 4 is 21.7 Å². The number of rotatable bonds is 7. The second-order valence-electron chi connectivity index (χ2n) is 4.04. The molecular formula is C12H18N2O5S. The summed E-state index contributed by atoms with van der Waals surface area (Å²) in [5, 5.41) is 0. The third kappa shape index (κ3) is 5.06. The number of hydrogen-bond acceptors (Lipinski definition) is 6. The number of benzene rings is 1. The van der Waals surface area contributed by atoms with Crippen LogP contribution in [0.15, 0.2) is 18.2 Å². The van der Waals surface area contributed by atoms with Gasteiger partial charge < -0.3 is 15.2 Å². The van der Waals surface area contributed by atoms with Crippen LogP contribution in [0, 0.1) is 0 Å². The van der Waals surface area contributed by atoms with E-state index in [2.05, 4.69) is 9.46 Å². The van der Waals surface area contributed by atoms with E-state index in [-0.39, 0.29) is 18.7 Å². The molecule has 3 N–H and O–H groups in total. The Morgan fingerprint density at radius 3 is 2.60 bits per heavy atom. The third-order valence-corrected chi connectivity index (χ3v) is 3.92. The molecule has 0 unspecified atom stereocenters. The van der Waals surface area contributed by atoms with Gasteiger partial charge in [0.25, 0.3) is 0 Å². The lowest BCUT2D eigenvalue weighted by Gasteiger charge is -2.09. The Morgan fingerprint density at radius 1 is 1.35 bits per heavy atom. The van der Waals surface area contributed by atoms with Crippen molar-refractivity contribution in [3.63, 3.8) is 0 Å². The number of methoxy groups -OCH3 is 2. The van der Waals surface area contributed by atoms with Gasteiger partial charge >= 0.3 is 5.97 Å². The highest BCUT2D eigenvalue weighted by atomic mass is 32.2. The molecule has 0 saturated carbocycles. The fraction of sp³-hybridized carbons (Fsp3) is 0.417. The molecule has 0 amide bonds. The summed E-state index contributed by atoms with van der Waals surface area (Å²) in [4.78, 5) is 10.9. The molecule has 0 heterocycles. The van der Waals surface area contributed by atoms with Gasteiger partial charge in [0.15, 0.2) is 0 Å². The van der Waals surface area contributed by atoms with E-state index in [0.29, 0.717) is 17.0 Å². The SMILES string of the molecule is COC(=O)CCS(=O)(=O)NCc1ccc(OC)c(N)c1. The lowest BCUT2D eigenvalue weighted by molar-refractivity contribution is -0.140. The molecule has 8 heteroatoms. The first-order chi connectivity index (χ1) is 9.38. The summed E-state index contributed by atoms with van der Waals surface area (Å²) < 4.78 is 35.1. The molecule has 0 aliphatic rings. The van der Waals surface area contributed by atoms with E-state index < -0.39 is 16.0 Å². The summed E-state index contributed by atoms with van der Waals surface area (Å²) in [6, 6.07) is 4.99. The highest BCUT2D eigenvalue weighted by Crippen LogP contribution is 2.21. The first-order valence-corrected chi connectivity index (χ1v) is 7.49. The summed E-state index contributed by atoms with van der Waals surface area (Å²) in [6.45, 7) is 0.0949. The number of hydrogen-bond donors (Lipinski definition) is 2. The van der Waals surface area contributed by atoms with E-state index in [9.17, 15) is 13.2 Å². The molecule has 0 bridgehead atoms. The number of nitrogens with one attached hydrogen (secondary N) is 1. The van der Waals surface area contributed by atoms with Crippen LogP contribution in [0.25, 0.3) is 0 Å². The number of anilines is 1. The average Bonchev–Trinajstić information content (AvgIpc) is 2.43. The molecule has 1 rings (SSSR count). The van der Waals surface area contributed by atoms with E-state index in [0.717, 1.165) is 0 Å². The van der Waals surface area contributed by atoms with E-state index >= 15 is 0 Å². The number of ether oxygens (including phenoxy) is 2. The predicted octanol–water partition coefficient (Wildman–Crippen LogP) is 0.260. The van der Waals surface area contributed by atoms with Crippen molar-refractivity contribution in [1.29, 1.82) is 0 Å². The zero-order valence-corrected chi connectivity index (χ0v) is 12.2. The van der Waals surface area contributed by atoms with Gasteiger partial charge in [-0.2, -0.15) is 0 Å². The quantitative estimate of drug-likeness (QED) is 0.552. The zero-order valence-electron chi connectivity index (χ0n) is 11.4. The van der Waals surface area contributed by atoms with Crippen molar-refractivity contribution < 1.29 is 22.7 Å². The largest absolute Gasteiger partial charge is 0.495 e. The predicted molar refractivity (Wildman–Crippen MR) is 74.7 cm³/mol. The molecule has 0 fully saturated rings. The van der Waals surface area contributed by atoms with Crippen LogP contribution in [0.1, 0.15) is 12.0 Å². The van der Waals surface area contributed by atoms with Gasteiger partial charge in [-0.05, 0) is 17.7 Å². The number of carbonyl (C=O) groups is 1. The highest BCUT2D eigenvalue weighted by molar-refractivity contribution is 7.89. The molecule has 1 aromatic rings. The zero-order chi connectivity index (χ0) is 15.2. The van der Waals surface area contributed by atoms with Crippen LogP contribution in [-0.2, 0) is 26.1 Å². The van der Waals surface area contributed by atoms with E-state index in [1.54, 1.807) is 18.2 Å². The lowest BCUT2D eigenvalue weighted by Crippen LogP contribution is -2.27. The number of esters is 1. The molecule has 112 valence electrons. The molecule has 20 heavy (non-hydrogen) atoms. The van der Waals surface area contributed by atoms with Crippen molar-refractivity contribution in [2.24, 2.45) is 0 Å². The van der Waals surface area contributed by atoms with Crippen LogP contribution in [0.3, 0.4) is 0 Å². The summed E-state index contributed by atoms with van der Waals surface area (Å²) in [7, 11) is -0.825. The Balaban J connectivity index is 2.57. The second kappa shape index (κ2) is 7.11. The molecule has 0 radical (unpaired) electrons. The standard InChI is InChI=1S/C12H18N2O5S/c1-18-11-4-3-9(7-10(11)13)8-14-20(16,17)6-5-12(15)19-2/h3-4,7,14H,5-6,8,13H2,1-2H3. The maximum atomic E-state index is 11.7. The number of nitrogen functional groups attached to an aromatic ring is 1. The highest BCUT2D eigenvalue weighted by Gasteiger charge is 2.13. The first kappa shape index (κ1) is 16.3. The van der Waals surface area contributed by atoms with Gasteiger partial charge in [0.05, 0.1) is 32.1 Å². The Morgan fingerprint density at radius 2 is 2.05 bits per heavy atom. The second-order valence-corrected chi connectivity index (χ2v) is 5.97. The number of sulfonamides is 1. The normalized spacial score (nSPS) is 11.1. The van der Waals surface area contributed by atoms with Crippen molar-refractivity contribution in [2.75, 3.05) is 25.7 Å². The molecule has 0 atom stereocenters. The van der Waals surface area contributed by atoms with Crippen LogP contribution in [0.2, 0.25) is 0 Å². The minimum atomic E-state index is -3.54. The van der Waals surface area contributed by atoms with Crippen molar-refractivity contribution in [1.82, 2.24) is 4.72 Å². The Kier molecular flexibility index (Phi) is 5.78. The molecule has 0 aliphatic heterocycles. The molecule has 0 spiro atoms. The van der Waals surface area contributed by atoms with Gasteiger partial charge in [-0.3, -0.25) is 4.79 Å². The smallest absolute Gasteiger partial charge is 0.306 e. The summed E-state index contributed by atoms with van der Waals surface area (Å²) in [5.41, 5.74) is 6.85. The maximum Gasteiger partial charge on any atom is 0.306 e. The summed E-state index contributed by atoms with van der Waals surface area (Å²) in [6.07, 6.45) is -0.184. The monoisotopic (exact) mass is 302 g/mol. The number of nitrogens with two attached hydrogens (primary N) is 1. The Hall–Kier alpha value is -1.80. The van der Waals surface area contributed by atoms with Crippen LogP contribution in [-0.4, -0.2) is 34.4 Å². The fourth-order valence-electron chi connectivity index (χ4n) is 1.48. The lowest BCUT2D eigenvalue weighted by atomic mass is 10.2. The first-order valence-electron chi connectivity index (χ1n) is 5.84. The Labute approximate surface area is 118 Å². The van der Waals surface area contributed by atoms with Crippen molar-refractivity contribution in [3.05, 3.63) is 23.8 Å². The van der Waals surface area contributed by atoms with Crippen LogP contribution in [0.5, 0.6) is 5.75 Å². The molecule has 0 saturated heterocycles. The third-order valence-electron chi connectivity index (χ3n) is 2.59. The Bertz CT molecular complexity index is 571. The molecular weight excluding hydrogens is 284 g/mol. The maximum absolute atomic E-state index is 11.7. The van der Waals surface area contributed by atoms with Gasteiger partial charge in [-0.1, -0.05) is 6.07 Å².